The number of hydrogen-bond donors (Lipinski definition) is 2. The maximum absolute atomic E-state index is 12.2. The van der Waals surface area contributed by atoms with Gasteiger partial charge in [-0.1, -0.05) is 18.2 Å². The molecule has 5 heteroatoms. The van der Waals surface area contributed by atoms with Crippen LogP contribution in [0.3, 0.4) is 0 Å². The van der Waals surface area contributed by atoms with Crippen molar-refractivity contribution in [2.24, 2.45) is 0 Å². The summed E-state index contributed by atoms with van der Waals surface area (Å²) in [7, 11) is 0. The molecule has 1 unspecified atom stereocenters. The molecule has 22 heavy (non-hydrogen) atoms. The molecule has 0 radical (unpaired) electrons. The fourth-order valence-corrected chi connectivity index (χ4v) is 2.71. The van der Waals surface area contributed by atoms with Gasteiger partial charge in [0.25, 0.3) is 0 Å². The third-order valence-electron chi connectivity index (χ3n) is 4.39. The lowest BCUT2D eigenvalue weighted by atomic mass is 10.0. The molecule has 0 bridgehead atoms. The minimum absolute atomic E-state index is 0. The summed E-state index contributed by atoms with van der Waals surface area (Å²) >= 11 is 0. The Hall–Kier alpha value is -1.10. The van der Waals surface area contributed by atoms with Crippen molar-refractivity contribution in [1.29, 1.82) is 0 Å². The van der Waals surface area contributed by atoms with E-state index in [1.54, 1.807) is 0 Å². The van der Waals surface area contributed by atoms with E-state index in [-0.39, 0.29) is 24.4 Å². The Morgan fingerprint density at radius 3 is 2.77 bits per heavy atom. The third kappa shape index (κ3) is 4.97. The fourth-order valence-electron chi connectivity index (χ4n) is 2.71. The van der Waals surface area contributed by atoms with Crippen molar-refractivity contribution >= 4 is 18.3 Å². The van der Waals surface area contributed by atoms with Gasteiger partial charge in [0, 0.05) is 25.7 Å². The lowest BCUT2D eigenvalue weighted by Crippen LogP contribution is -2.52. The molecular formula is C17H28ClN3O. The van der Waals surface area contributed by atoms with E-state index in [2.05, 4.69) is 54.5 Å². The molecule has 1 fully saturated rings. The number of piperazine rings is 1. The molecule has 0 aliphatic carbocycles. The molecular weight excluding hydrogens is 298 g/mol. The molecule has 4 nitrogen and oxygen atoms in total. The Morgan fingerprint density at radius 2 is 2.14 bits per heavy atom. The highest BCUT2D eigenvalue weighted by molar-refractivity contribution is 5.85. The first-order valence-corrected chi connectivity index (χ1v) is 7.78. The van der Waals surface area contributed by atoms with Crippen LogP contribution in [-0.4, -0.2) is 43.0 Å². The number of hydrogen-bond acceptors (Lipinski definition) is 3. The predicted octanol–water partition coefficient (Wildman–Crippen LogP) is 2.20. The van der Waals surface area contributed by atoms with Gasteiger partial charge in [-0.05, 0) is 44.4 Å². The number of benzene rings is 1. The summed E-state index contributed by atoms with van der Waals surface area (Å²) in [6.45, 7) is 11.8. The van der Waals surface area contributed by atoms with E-state index in [1.807, 2.05) is 6.92 Å². The minimum Gasteiger partial charge on any atom is -0.348 e. The van der Waals surface area contributed by atoms with Crippen molar-refractivity contribution in [3.8, 4) is 0 Å². The van der Waals surface area contributed by atoms with Gasteiger partial charge in [0.2, 0.25) is 5.91 Å². The van der Waals surface area contributed by atoms with Crippen LogP contribution in [-0.2, 0) is 4.79 Å². The Kier molecular flexibility index (Phi) is 7.33. The summed E-state index contributed by atoms with van der Waals surface area (Å²) in [5.74, 6) is 0.106. The van der Waals surface area contributed by atoms with Crippen molar-refractivity contribution in [1.82, 2.24) is 15.5 Å². The molecule has 1 saturated heterocycles. The van der Waals surface area contributed by atoms with Crippen LogP contribution < -0.4 is 10.6 Å². The lowest BCUT2D eigenvalue weighted by molar-refractivity contribution is -0.123. The van der Waals surface area contributed by atoms with E-state index < -0.39 is 0 Å². The zero-order chi connectivity index (χ0) is 15.4. The van der Waals surface area contributed by atoms with Crippen LogP contribution >= 0.6 is 12.4 Å². The first-order chi connectivity index (χ1) is 9.97. The Balaban J connectivity index is 0.00000242. The van der Waals surface area contributed by atoms with Gasteiger partial charge in [-0.25, -0.2) is 0 Å². The van der Waals surface area contributed by atoms with Crippen LogP contribution in [0.15, 0.2) is 18.2 Å². The number of carbonyl (C=O) groups is 1. The van der Waals surface area contributed by atoms with Crippen LogP contribution in [0, 0.1) is 13.8 Å². The minimum atomic E-state index is 0. The average Bonchev–Trinajstić information content (AvgIpc) is 2.44. The van der Waals surface area contributed by atoms with Crippen LogP contribution in [0.2, 0.25) is 0 Å². The Labute approximate surface area is 140 Å². The topological polar surface area (TPSA) is 44.4 Å². The number of halogens is 1. The van der Waals surface area contributed by atoms with Crippen LogP contribution in [0.5, 0.6) is 0 Å². The number of nitrogens with one attached hydrogen (secondary N) is 2. The molecule has 1 aromatic rings. The maximum Gasteiger partial charge on any atom is 0.234 e. The third-order valence-corrected chi connectivity index (χ3v) is 4.39. The van der Waals surface area contributed by atoms with E-state index in [4.69, 9.17) is 0 Å². The number of nitrogens with zero attached hydrogens (tertiary/aromatic N) is 1. The SMILES string of the molecule is Cc1ccc(C(C)NC(=O)CN2CCNC[C@@H]2C)cc1C.Cl. The predicted molar refractivity (Wildman–Crippen MR) is 93.6 cm³/mol. The summed E-state index contributed by atoms with van der Waals surface area (Å²) in [4.78, 5) is 14.5. The van der Waals surface area contributed by atoms with Crippen molar-refractivity contribution in [2.45, 2.75) is 39.8 Å². The van der Waals surface area contributed by atoms with Gasteiger partial charge >= 0.3 is 0 Å². The van der Waals surface area contributed by atoms with Gasteiger partial charge < -0.3 is 10.6 Å². The van der Waals surface area contributed by atoms with Crippen LogP contribution in [0.1, 0.15) is 36.6 Å². The molecule has 1 heterocycles. The second-order valence-electron chi connectivity index (χ2n) is 6.16. The van der Waals surface area contributed by atoms with Gasteiger partial charge in [0.1, 0.15) is 0 Å². The van der Waals surface area contributed by atoms with E-state index in [0.29, 0.717) is 12.6 Å². The molecule has 0 spiro atoms. The standard InChI is InChI=1S/C17H27N3O.ClH/c1-12-5-6-16(9-13(12)2)15(4)19-17(21)11-20-8-7-18-10-14(20)3;/h5-6,9,14-15,18H,7-8,10-11H2,1-4H3,(H,19,21);1H/t14-,15?;/m0./s1. The second kappa shape index (κ2) is 8.51. The highest BCUT2D eigenvalue weighted by Crippen LogP contribution is 2.16. The normalized spacial score (nSPS) is 20.1. The van der Waals surface area contributed by atoms with E-state index in [0.717, 1.165) is 19.6 Å². The quantitative estimate of drug-likeness (QED) is 0.892. The summed E-state index contributed by atoms with van der Waals surface area (Å²) in [5, 5.41) is 6.45. The van der Waals surface area contributed by atoms with Crippen LogP contribution in [0.25, 0.3) is 0 Å². The number of rotatable bonds is 4. The van der Waals surface area contributed by atoms with Gasteiger partial charge in [-0.15, -0.1) is 12.4 Å². The van der Waals surface area contributed by atoms with E-state index >= 15 is 0 Å². The van der Waals surface area contributed by atoms with Crippen LogP contribution in [0.4, 0.5) is 0 Å². The van der Waals surface area contributed by atoms with Crippen molar-refractivity contribution in [2.75, 3.05) is 26.2 Å². The van der Waals surface area contributed by atoms with Gasteiger partial charge in [0.05, 0.1) is 12.6 Å². The Bertz CT molecular complexity index is 507. The molecule has 2 atom stereocenters. The summed E-state index contributed by atoms with van der Waals surface area (Å²) in [6, 6.07) is 6.84. The van der Waals surface area contributed by atoms with Gasteiger partial charge in [0.15, 0.2) is 0 Å². The number of aryl methyl sites for hydroxylation is 2. The van der Waals surface area contributed by atoms with Gasteiger partial charge in [-0.3, -0.25) is 9.69 Å². The molecule has 124 valence electrons. The summed E-state index contributed by atoms with van der Waals surface area (Å²) < 4.78 is 0. The molecule has 1 aromatic carbocycles. The van der Waals surface area contributed by atoms with Crippen molar-refractivity contribution in [3.63, 3.8) is 0 Å². The monoisotopic (exact) mass is 325 g/mol. The van der Waals surface area contributed by atoms with Gasteiger partial charge in [-0.2, -0.15) is 0 Å². The number of carbonyl (C=O) groups excluding carboxylic acids is 1. The van der Waals surface area contributed by atoms with E-state index in [9.17, 15) is 4.79 Å². The fraction of sp³-hybridized carbons (Fsp3) is 0.588. The largest absolute Gasteiger partial charge is 0.348 e. The molecule has 0 saturated carbocycles. The molecule has 1 aliphatic rings. The first kappa shape index (κ1) is 18.9. The van der Waals surface area contributed by atoms with Crippen molar-refractivity contribution in [3.05, 3.63) is 34.9 Å². The van der Waals surface area contributed by atoms with Crippen molar-refractivity contribution < 1.29 is 4.79 Å². The first-order valence-electron chi connectivity index (χ1n) is 7.78. The molecule has 2 rings (SSSR count). The highest BCUT2D eigenvalue weighted by Gasteiger charge is 2.21. The zero-order valence-electron chi connectivity index (χ0n) is 14.0. The smallest absolute Gasteiger partial charge is 0.234 e. The number of amides is 1. The molecule has 0 aromatic heterocycles. The maximum atomic E-state index is 12.2. The molecule has 1 aliphatic heterocycles. The summed E-state index contributed by atoms with van der Waals surface area (Å²) in [5.41, 5.74) is 3.72. The summed E-state index contributed by atoms with van der Waals surface area (Å²) in [6.07, 6.45) is 0. The molecule has 1 amide bonds. The van der Waals surface area contributed by atoms with E-state index in [1.165, 1.54) is 16.7 Å². The Morgan fingerprint density at radius 1 is 1.41 bits per heavy atom. The molecule has 2 N–H and O–H groups in total. The average molecular weight is 326 g/mol. The highest BCUT2D eigenvalue weighted by atomic mass is 35.5. The second-order valence-corrected chi connectivity index (χ2v) is 6.16. The zero-order valence-corrected chi connectivity index (χ0v) is 14.8. The lowest BCUT2D eigenvalue weighted by Gasteiger charge is -2.33.